The van der Waals surface area contributed by atoms with Crippen LogP contribution in [0.5, 0.6) is 5.75 Å². The second kappa shape index (κ2) is 6.99. The zero-order valence-electron chi connectivity index (χ0n) is 11.4. The summed E-state index contributed by atoms with van der Waals surface area (Å²) in [4.78, 5) is 20.7. The highest BCUT2D eigenvalue weighted by Crippen LogP contribution is 2.27. The molecule has 10 heteroatoms. The third-order valence-corrected chi connectivity index (χ3v) is 3.81. The molecule has 1 N–H and O–H groups in total. The van der Waals surface area contributed by atoms with Crippen LogP contribution in [-0.2, 0) is 19.6 Å². The van der Waals surface area contributed by atoms with Gasteiger partial charge in [0.25, 0.3) is 5.69 Å². The molecule has 0 aliphatic carbocycles. The van der Waals surface area contributed by atoms with Crippen LogP contribution < -0.4 is 9.46 Å². The van der Waals surface area contributed by atoms with E-state index < -0.39 is 38.0 Å². The number of hydrogen-bond acceptors (Lipinski definition) is 7. The lowest BCUT2D eigenvalue weighted by Gasteiger charge is -2.08. The van der Waals surface area contributed by atoms with E-state index in [0.29, 0.717) is 0 Å². The van der Waals surface area contributed by atoms with Crippen molar-refractivity contribution in [3.63, 3.8) is 0 Å². The molecular formula is C11H14N2O7S. The average Bonchev–Trinajstić information content (AvgIpc) is 2.45. The van der Waals surface area contributed by atoms with E-state index in [2.05, 4.69) is 4.74 Å². The summed E-state index contributed by atoms with van der Waals surface area (Å²) in [6.45, 7) is 1.06. The minimum absolute atomic E-state index is 0.100. The molecule has 0 unspecified atom stereocenters. The average molecular weight is 318 g/mol. The predicted octanol–water partition coefficient (Wildman–Crippen LogP) is 0.445. The van der Waals surface area contributed by atoms with Crippen molar-refractivity contribution in [1.82, 2.24) is 4.72 Å². The molecule has 0 radical (unpaired) electrons. The summed E-state index contributed by atoms with van der Waals surface area (Å²) in [7, 11) is -2.92. The van der Waals surface area contributed by atoms with Gasteiger partial charge in [-0.3, -0.25) is 14.9 Å². The van der Waals surface area contributed by atoms with Gasteiger partial charge in [-0.25, -0.2) is 8.42 Å². The van der Waals surface area contributed by atoms with Crippen LogP contribution in [-0.4, -0.2) is 39.6 Å². The molecule has 1 aromatic carbocycles. The molecule has 0 bridgehead atoms. The van der Waals surface area contributed by atoms with Gasteiger partial charge in [-0.2, -0.15) is 4.72 Å². The summed E-state index contributed by atoms with van der Waals surface area (Å²) in [6, 6.07) is 3.29. The molecule has 0 heterocycles. The van der Waals surface area contributed by atoms with E-state index >= 15 is 0 Å². The Morgan fingerprint density at radius 2 is 2.10 bits per heavy atom. The number of methoxy groups -OCH3 is 1. The van der Waals surface area contributed by atoms with E-state index in [1.54, 1.807) is 6.92 Å². The van der Waals surface area contributed by atoms with Gasteiger partial charge in [0.05, 0.1) is 24.7 Å². The number of sulfonamides is 1. The first-order valence-corrected chi connectivity index (χ1v) is 7.28. The molecule has 0 aromatic heterocycles. The van der Waals surface area contributed by atoms with Crippen molar-refractivity contribution >= 4 is 21.7 Å². The van der Waals surface area contributed by atoms with Crippen LogP contribution in [0.2, 0.25) is 0 Å². The van der Waals surface area contributed by atoms with Crippen molar-refractivity contribution in [2.45, 2.75) is 11.8 Å². The van der Waals surface area contributed by atoms with Crippen molar-refractivity contribution < 1.29 is 27.6 Å². The smallest absolute Gasteiger partial charge is 0.321 e. The van der Waals surface area contributed by atoms with Gasteiger partial charge < -0.3 is 9.47 Å². The minimum atomic E-state index is -4.22. The number of carbonyl (C=O) groups excluding carboxylic acids is 1. The Kier molecular flexibility index (Phi) is 5.61. The highest BCUT2D eigenvalue weighted by molar-refractivity contribution is 7.89. The van der Waals surface area contributed by atoms with Gasteiger partial charge in [-0.1, -0.05) is 0 Å². The summed E-state index contributed by atoms with van der Waals surface area (Å²) in [5.41, 5.74) is -0.647. The Balaban J connectivity index is 3.08. The lowest BCUT2D eigenvalue weighted by molar-refractivity contribution is -0.387. The zero-order chi connectivity index (χ0) is 16.0. The van der Waals surface area contributed by atoms with Crippen molar-refractivity contribution in [3.8, 4) is 5.75 Å². The van der Waals surface area contributed by atoms with Crippen LogP contribution in [0, 0.1) is 10.1 Å². The predicted molar refractivity (Wildman–Crippen MR) is 71.5 cm³/mol. The molecule has 0 atom stereocenters. The van der Waals surface area contributed by atoms with E-state index in [0.717, 1.165) is 12.1 Å². The molecule has 0 spiro atoms. The van der Waals surface area contributed by atoms with Crippen molar-refractivity contribution in [2.24, 2.45) is 0 Å². The van der Waals surface area contributed by atoms with E-state index in [4.69, 9.17) is 4.74 Å². The lowest BCUT2D eigenvalue weighted by atomic mass is 10.3. The van der Waals surface area contributed by atoms with Gasteiger partial charge in [0.1, 0.15) is 12.3 Å². The summed E-state index contributed by atoms with van der Waals surface area (Å²) < 4.78 is 35.3. The number of esters is 1. The van der Waals surface area contributed by atoms with Gasteiger partial charge in [0.2, 0.25) is 10.0 Å². The summed E-state index contributed by atoms with van der Waals surface area (Å²) >= 11 is 0. The van der Waals surface area contributed by atoms with E-state index in [9.17, 15) is 23.3 Å². The van der Waals surface area contributed by atoms with Gasteiger partial charge in [-0.05, 0) is 19.1 Å². The maximum Gasteiger partial charge on any atom is 0.321 e. The van der Waals surface area contributed by atoms with Crippen LogP contribution in [0.15, 0.2) is 23.1 Å². The molecule has 116 valence electrons. The molecule has 0 aliphatic heterocycles. The third-order valence-electron chi connectivity index (χ3n) is 2.36. The van der Waals surface area contributed by atoms with Crippen molar-refractivity contribution in [3.05, 3.63) is 28.3 Å². The summed E-state index contributed by atoms with van der Waals surface area (Å²) in [6.07, 6.45) is 0. The fourth-order valence-corrected chi connectivity index (χ4v) is 2.56. The maximum absolute atomic E-state index is 12.0. The number of nitro benzene ring substituents is 1. The second-order valence-electron chi connectivity index (χ2n) is 3.72. The second-order valence-corrected chi connectivity index (χ2v) is 5.46. The first-order valence-electron chi connectivity index (χ1n) is 5.79. The van der Waals surface area contributed by atoms with E-state index in [-0.39, 0.29) is 12.4 Å². The Bertz CT molecular complexity index is 642. The normalized spacial score (nSPS) is 11.0. The standard InChI is InChI=1S/C11H14N2O7S/c1-3-20-11(14)7-12-21(17,18)10-5-4-8(19-2)6-9(10)13(15)16/h4-6,12H,3,7H2,1-2H3. The van der Waals surface area contributed by atoms with E-state index in [1.807, 2.05) is 4.72 Å². The molecule has 1 aromatic rings. The van der Waals surface area contributed by atoms with Gasteiger partial charge >= 0.3 is 5.97 Å². The molecule has 0 fully saturated rings. The highest BCUT2D eigenvalue weighted by Gasteiger charge is 2.27. The van der Waals surface area contributed by atoms with Gasteiger partial charge in [-0.15, -0.1) is 0 Å². The number of hydrogen-bond donors (Lipinski definition) is 1. The fraction of sp³-hybridized carbons (Fsp3) is 0.364. The minimum Gasteiger partial charge on any atom is -0.497 e. The molecule has 0 saturated heterocycles. The molecule has 9 nitrogen and oxygen atoms in total. The molecule has 21 heavy (non-hydrogen) atoms. The number of benzene rings is 1. The van der Waals surface area contributed by atoms with Gasteiger partial charge in [0.15, 0.2) is 4.90 Å². The van der Waals surface area contributed by atoms with E-state index in [1.165, 1.54) is 13.2 Å². The Hall–Kier alpha value is -2.20. The number of nitro groups is 1. The molecule has 1 rings (SSSR count). The van der Waals surface area contributed by atoms with Crippen LogP contribution >= 0.6 is 0 Å². The number of carbonyl (C=O) groups is 1. The van der Waals surface area contributed by atoms with Crippen LogP contribution in [0.25, 0.3) is 0 Å². The topological polar surface area (TPSA) is 125 Å². The molecular weight excluding hydrogens is 304 g/mol. The van der Waals surface area contributed by atoms with Crippen LogP contribution in [0.3, 0.4) is 0 Å². The van der Waals surface area contributed by atoms with Crippen LogP contribution in [0.1, 0.15) is 6.92 Å². The number of nitrogens with zero attached hydrogens (tertiary/aromatic N) is 1. The molecule has 0 amide bonds. The number of rotatable bonds is 7. The quantitative estimate of drug-likeness (QED) is 0.439. The van der Waals surface area contributed by atoms with Crippen molar-refractivity contribution in [1.29, 1.82) is 0 Å². The third kappa shape index (κ3) is 4.39. The summed E-state index contributed by atoms with van der Waals surface area (Å²) in [5, 5.41) is 10.9. The molecule has 0 saturated carbocycles. The first-order chi connectivity index (χ1) is 9.81. The Morgan fingerprint density at radius 1 is 1.43 bits per heavy atom. The zero-order valence-corrected chi connectivity index (χ0v) is 12.2. The fourth-order valence-electron chi connectivity index (χ4n) is 1.44. The van der Waals surface area contributed by atoms with Gasteiger partial charge in [0, 0.05) is 0 Å². The Labute approximate surface area is 121 Å². The SMILES string of the molecule is CCOC(=O)CNS(=O)(=O)c1ccc(OC)cc1[N+](=O)[O-]. The Morgan fingerprint density at radius 3 is 2.62 bits per heavy atom. The van der Waals surface area contributed by atoms with Crippen LogP contribution in [0.4, 0.5) is 5.69 Å². The lowest BCUT2D eigenvalue weighted by Crippen LogP contribution is -2.31. The van der Waals surface area contributed by atoms with Crippen molar-refractivity contribution in [2.75, 3.05) is 20.3 Å². The maximum atomic E-state index is 12.0. The molecule has 0 aliphatic rings. The highest BCUT2D eigenvalue weighted by atomic mass is 32.2. The largest absolute Gasteiger partial charge is 0.497 e. The number of ether oxygens (including phenoxy) is 2. The monoisotopic (exact) mass is 318 g/mol. The first kappa shape index (κ1) is 16.9. The summed E-state index contributed by atoms with van der Waals surface area (Å²) in [5.74, 6) is -0.636. The number of nitrogens with one attached hydrogen (secondary N) is 1.